The Bertz CT molecular complexity index is 530. The van der Waals surface area contributed by atoms with Crippen LogP contribution < -0.4 is 11.1 Å². The van der Waals surface area contributed by atoms with Gasteiger partial charge >= 0.3 is 0 Å². The van der Waals surface area contributed by atoms with Gasteiger partial charge in [-0.1, -0.05) is 32.0 Å². The Morgan fingerprint density at radius 2 is 2.10 bits per heavy atom. The van der Waals surface area contributed by atoms with E-state index < -0.39 is 0 Å². The van der Waals surface area contributed by atoms with Crippen molar-refractivity contribution in [2.24, 2.45) is 16.6 Å². The van der Waals surface area contributed by atoms with Crippen LogP contribution in [0.1, 0.15) is 26.0 Å². The van der Waals surface area contributed by atoms with Crippen molar-refractivity contribution in [3.63, 3.8) is 0 Å². The van der Waals surface area contributed by atoms with Crippen LogP contribution >= 0.6 is 24.0 Å². The van der Waals surface area contributed by atoms with Crippen molar-refractivity contribution >= 4 is 40.9 Å². The van der Waals surface area contributed by atoms with Crippen LogP contribution in [0.15, 0.2) is 39.7 Å². The van der Waals surface area contributed by atoms with Crippen molar-refractivity contribution in [2.75, 3.05) is 6.54 Å². The van der Waals surface area contributed by atoms with E-state index in [1.165, 1.54) is 0 Å². The van der Waals surface area contributed by atoms with Crippen LogP contribution in [0.25, 0.3) is 11.0 Å². The number of hydrogen-bond donors (Lipinski definition) is 2. The van der Waals surface area contributed by atoms with Gasteiger partial charge in [-0.15, -0.1) is 24.0 Å². The monoisotopic (exact) mass is 387 g/mol. The second-order valence-corrected chi connectivity index (χ2v) is 5.06. The van der Waals surface area contributed by atoms with E-state index in [0.29, 0.717) is 18.4 Å². The molecular formula is C15H22IN3O. The van der Waals surface area contributed by atoms with Crippen molar-refractivity contribution < 1.29 is 4.42 Å². The number of guanidine groups is 1. The molecule has 0 spiro atoms. The molecule has 0 aliphatic heterocycles. The lowest BCUT2D eigenvalue weighted by Gasteiger charge is -2.06. The SMILES string of the molecule is CC(C)CCNC(N)=NCc1cc2ccccc2o1.I. The molecule has 2 aromatic rings. The fourth-order valence-corrected chi connectivity index (χ4v) is 1.82. The summed E-state index contributed by atoms with van der Waals surface area (Å²) in [5, 5.41) is 4.20. The van der Waals surface area contributed by atoms with Gasteiger partial charge in [0.25, 0.3) is 0 Å². The van der Waals surface area contributed by atoms with Crippen LogP contribution in [-0.2, 0) is 6.54 Å². The van der Waals surface area contributed by atoms with E-state index in [1.807, 2.05) is 30.3 Å². The number of para-hydroxylation sites is 1. The van der Waals surface area contributed by atoms with Gasteiger partial charge in [-0.05, 0) is 24.5 Å². The van der Waals surface area contributed by atoms with Crippen LogP contribution in [-0.4, -0.2) is 12.5 Å². The van der Waals surface area contributed by atoms with Crippen LogP contribution in [0.3, 0.4) is 0 Å². The molecule has 0 saturated heterocycles. The third kappa shape index (κ3) is 5.03. The van der Waals surface area contributed by atoms with Gasteiger partial charge in [0.1, 0.15) is 17.9 Å². The molecule has 0 amide bonds. The number of hydrogen-bond acceptors (Lipinski definition) is 2. The van der Waals surface area contributed by atoms with Crippen LogP contribution in [0, 0.1) is 5.92 Å². The third-order valence-corrected chi connectivity index (χ3v) is 2.91. The predicted octanol–water partition coefficient (Wildman–Crippen LogP) is 3.50. The van der Waals surface area contributed by atoms with Crippen molar-refractivity contribution in [1.82, 2.24) is 5.32 Å². The first-order chi connectivity index (χ1) is 9.15. The standard InChI is InChI=1S/C15H21N3O.HI/c1-11(2)7-8-17-15(16)18-10-13-9-12-5-3-4-6-14(12)19-13;/h3-6,9,11H,7-8,10H2,1-2H3,(H3,16,17,18);1H. The second-order valence-electron chi connectivity index (χ2n) is 5.06. The summed E-state index contributed by atoms with van der Waals surface area (Å²) in [7, 11) is 0. The summed E-state index contributed by atoms with van der Waals surface area (Å²) in [5.74, 6) is 1.96. The zero-order valence-corrected chi connectivity index (χ0v) is 14.3. The summed E-state index contributed by atoms with van der Waals surface area (Å²) < 4.78 is 5.67. The molecule has 1 heterocycles. The maximum absolute atomic E-state index is 5.80. The van der Waals surface area contributed by atoms with E-state index >= 15 is 0 Å². The number of rotatable bonds is 5. The third-order valence-electron chi connectivity index (χ3n) is 2.91. The quantitative estimate of drug-likeness (QED) is 0.469. The largest absolute Gasteiger partial charge is 0.459 e. The van der Waals surface area contributed by atoms with Crippen molar-refractivity contribution in [1.29, 1.82) is 0 Å². The maximum atomic E-state index is 5.80. The minimum absolute atomic E-state index is 0. The summed E-state index contributed by atoms with van der Waals surface area (Å²) in [6, 6.07) is 9.93. The smallest absolute Gasteiger partial charge is 0.189 e. The van der Waals surface area contributed by atoms with Gasteiger partial charge in [0.2, 0.25) is 0 Å². The number of halogens is 1. The highest BCUT2D eigenvalue weighted by molar-refractivity contribution is 14.0. The second kappa shape index (κ2) is 8.14. The lowest BCUT2D eigenvalue weighted by atomic mass is 10.1. The molecule has 4 nitrogen and oxygen atoms in total. The molecule has 0 bridgehead atoms. The Labute approximate surface area is 136 Å². The van der Waals surface area contributed by atoms with E-state index in [-0.39, 0.29) is 24.0 Å². The van der Waals surface area contributed by atoms with E-state index in [2.05, 4.69) is 24.2 Å². The molecule has 0 aliphatic rings. The van der Waals surface area contributed by atoms with Gasteiger partial charge < -0.3 is 15.5 Å². The Morgan fingerprint density at radius 3 is 2.80 bits per heavy atom. The highest BCUT2D eigenvalue weighted by atomic mass is 127. The maximum Gasteiger partial charge on any atom is 0.189 e. The average molecular weight is 387 g/mol. The average Bonchev–Trinajstić information content (AvgIpc) is 2.78. The highest BCUT2D eigenvalue weighted by Gasteiger charge is 2.02. The number of aliphatic imine (C=N–C) groups is 1. The highest BCUT2D eigenvalue weighted by Crippen LogP contribution is 2.19. The van der Waals surface area contributed by atoms with Crippen LogP contribution in [0.2, 0.25) is 0 Å². The lowest BCUT2D eigenvalue weighted by molar-refractivity contribution is 0.550. The summed E-state index contributed by atoms with van der Waals surface area (Å²) in [4.78, 5) is 4.28. The van der Waals surface area contributed by atoms with Gasteiger partial charge in [0, 0.05) is 11.9 Å². The molecule has 5 heteroatoms. The summed E-state index contributed by atoms with van der Waals surface area (Å²) >= 11 is 0. The molecular weight excluding hydrogens is 365 g/mol. The van der Waals surface area contributed by atoms with Crippen LogP contribution in [0.5, 0.6) is 0 Å². The van der Waals surface area contributed by atoms with Crippen molar-refractivity contribution in [3.8, 4) is 0 Å². The number of fused-ring (bicyclic) bond motifs is 1. The van der Waals surface area contributed by atoms with Crippen molar-refractivity contribution in [3.05, 3.63) is 36.1 Å². The lowest BCUT2D eigenvalue weighted by Crippen LogP contribution is -2.32. The van der Waals surface area contributed by atoms with E-state index in [9.17, 15) is 0 Å². The zero-order chi connectivity index (χ0) is 13.7. The summed E-state index contributed by atoms with van der Waals surface area (Å²) in [6.07, 6.45) is 1.08. The first-order valence-electron chi connectivity index (χ1n) is 6.66. The number of nitrogens with two attached hydrogens (primary N) is 1. The van der Waals surface area contributed by atoms with Crippen LogP contribution in [0.4, 0.5) is 0 Å². The molecule has 0 aliphatic carbocycles. The first-order valence-corrected chi connectivity index (χ1v) is 6.66. The summed E-state index contributed by atoms with van der Waals surface area (Å²) in [5.41, 5.74) is 6.69. The molecule has 0 radical (unpaired) electrons. The van der Waals surface area contributed by atoms with E-state index in [0.717, 1.165) is 29.7 Å². The Morgan fingerprint density at radius 1 is 1.35 bits per heavy atom. The van der Waals surface area contributed by atoms with Gasteiger partial charge in [0.15, 0.2) is 5.96 Å². The minimum Gasteiger partial charge on any atom is -0.459 e. The number of nitrogens with zero attached hydrogens (tertiary/aromatic N) is 1. The predicted molar refractivity (Wildman–Crippen MR) is 94.4 cm³/mol. The number of benzene rings is 1. The normalized spacial score (nSPS) is 11.7. The molecule has 0 saturated carbocycles. The summed E-state index contributed by atoms with van der Waals surface area (Å²) in [6.45, 7) is 5.69. The Balaban J connectivity index is 0.00000200. The zero-order valence-electron chi connectivity index (χ0n) is 11.9. The fraction of sp³-hybridized carbons (Fsp3) is 0.400. The van der Waals surface area contributed by atoms with Gasteiger partial charge in [-0.3, -0.25) is 0 Å². The molecule has 20 heavy (non-hydrogen) atoms. The molecule has 110 valence electrons. The molecule has 0 atom stereocenters. The first kappa shape index (κ1) is 16.8. The van der Waals surface area contributed by atoms with Gasteiger partial charge in [-0.25, -0.2) is 4.99 Å². The molecule has 1 aromatic carbocycles. The van der Waals surface area contributed by atoms with E-state index in [1.54, 1.807) is 0 Å². The Hall–Kier alpha value is -1.24. The number of nitrogens with one attached hydrogen (secondary N) is 1. The van der Waals surface area contributed by atoms with Gasteiger partial charge in [-0.2, -0.15) is 0 Å². The Kier molecular flexibility index (Phi) is 6.84. The minimum atomic E-state index is 0. The molecule has 0 fully saturated rings. The fourth-order valence-electron chi connectivity index (χ4n) is 1.82. The van der Waals surface area contributed by atoms with Crippen molar-refractivity contribution in [2.45, 2.75) is 26.8 Å². The number of furan rings is 1. The topological polar surface area (TPSA) is 63.5 Å². The molecule has 0 unspecified atom stereocenters. The molecule has 3 N–H and O–H groups in total. The van der Waals surface area contributed by atoms with E-state index in [4.69, 9.17) is 10.2 Å². The molecule has 2 rings (SSSR count). The van der Waals surface area contributed by atoms with Gasteiger partial charge in [0.05, 0.1) is 0 Å². The molecule has 1 aromatic heterocycles.